The van der Waals surface area contributed by atoms with Crippen LogP contribution in [0, 0.1) is 0 Å². The molecule has 4 heteroatoms. The van der Waals surface area contributed by atoms with Gasteiger partial charge < -0.3 is 0 Å². The summed E-state index contributed by atoms with van der Waals surface area (Å²) in [6.07, 6.45) is 1.72. The molecule has 0 N–H and O–H groups in total. The van der Waals surface area contributed by atoms with Gasteiger partial charge >= 0.3 is 0 Å². The van der Waals surface area contributed by atoms with Crippen molar-refractivity contribution < 1.29 is 4.79 Å². The SMILES string of the molecule is CC1SCCSC1C(=O)c1cnc2ccccc2c1. The molecule has 2 atom stereocenters. The number of hydrogen-bond acceptors (Lipinski definition) is 4. The largest absolute Gasteiger partial charge is 0.293 e. The fraction of sp³-hybridized carbons (Fsp3) is 0.333. The van der Waals surface area contributed by atoms with Crippen molar-refractivity contribution in [3.05, 3.63) is 42.1 Å². The van der Waals surface area contributed by atoms with Gasteiger partial charge in [-0.05, 0) is 12.1 Å². The summed E-state index contributed by atoms with van der Waals surface area (Å²) in [5, 5.41) is 1.49. The van der Waals surface area contributed by atoms with Gasteiger partial charge in [0.2, 0.25) is 0 Å². The van der Waals surface area contributed by atoms with E-state index in [0.717, 1.165) is 28.0 Å². The molecule has 0 saturated carbocycles. The molecule has 3 rings (SSSR count). The molecular weight excluding hydrogens is 274 g/mol. The van der Waals surface area contributed by atoms with Crippen LogP contribution in [0.5, 0.6) is 0 Å². The van der Waals surface area contributed by atoms with Gasteiger partial charge in [-0.15, -0.1) is 11.8 Å². The van der Waals surface area contributed by atoms with Gasteiger partial charge in [-0.1, -0.05) is 25.1 Å². The van der Waals surface area contributed by atoms with E-state index in [1.807, 2.05) is 42.1 Å². The summed E-state index contributed by atoms with van der Waals surface area (Å²) in [7, 11) is 0. The molecule has 2 aromatic rings. The second-order valence-electron chi connectivity index (χ2n) is 4.65. The van der Waals surface area contributed by atoms with Crippen LogP contribution < -0.4 is 0 Å². The van der Waals surface area contributed by atoms with Crippen molar-refractivity contribution in [1.82, 2.24) is 4.98 Å². The average molecular weight is 289 g/mol. The van der Waals surface area contributed by atoms with E-state index in [-0.39, 0.29) is 11.0 Å². The minimum absolute atomic E-state index is 0.0710. The smallest absolute Gasteiger partial charge is 0.178 e. The van der Waals surface area contributed by atoms with Crippen molar-refractivity contribution in [3.63, 3.8) is 0 Å². The Bertz CT molecular complexity index is 614. The number of carbonyl (C=O) groups is 1. The Labute approximate surface area is 121 Å². The van der Waals surface area contributed by atoms with Gasteiger partial charge in [-0.3, -0.25) is 9.78 Å². The van der Waals surface area contributed by atoms with E-state index in [2.05, 4.69) is 11.9 Å². The summed E-state index contributed by atoms with van der Waals surface area (Å²) in [5.41, 5.74) is 1.68. The fourth-order valence-electron chi connectivity index (χ4n) is 2.29. The quantitative estimate of drug-likeness (QED) is 0.789. The van der Waals surface area contributed by atoms with Crippen LogP contribution in [0.3, 0.4) is 0 Å². The Morgan fingerprint density at radius 2 is 2.05 bits per heavy atom. The summed E-state index contributed by atoms with van der Waals surface area (Å²) in [4.78, 5) is 17.0. The Morgan fingerprint density at radius 1 is 1.26 bits per heavy atom. The third-order valence-corrected chi connectivity index (χ3v) is 6.41. The van der Waals surface area contributed by atoms with Gasteiger partial charge in [0.25, 0.3) is 0 Å². The first-order valence-electron chi connectivity index (χ1n) is 6.38. The number of ketones is 1. The Balaban J connectivity index is 1.92. The Kier molecular flexibility index (Phi) is 3.80. The van der Waals surface area contributed by atoms with Crippen LogP contribution in [0.25, 0.3) is 10.9 Å². The molecule has 0 spiro atoms. The second-order valence-corrected chi connectivity index (χ2v) is 7.38. The van der Waals surface area contributed by atoms with Crippen molar-refractivity contribution in [2.75, 3.05) is 11.5 Å². The number of aromatic nitrogens is 1. The Morgan fingerprint density at radius 3 is 2.89 bits per heavy atom. The molecule has 2 heterocycles. The molecule has 2 unspecified atom stereocenters. The average Bonchev–Trinajstić information content (AvgIpc) is 2.46. The number of para-hydroxylation sites is 1. The van der Waals surface area contributed by atoms with E-state index >= 15 is 0 Å². The third kappa shape index (κ3) is 2.65. The van der Waals surface area contributed by atoms with Crippen LogP contribution in [0.2, 0.25) is 0 Å². The zero-order chi connectivity index (χ0) is 13.2. The molecular formula is C15H15NOS2. The third-order valence-electron chi connectivity index (χ3n) is 3.32. The normalized spacial score (nSPS) is 23.4. The maximum atomic E-state index is 12.6. The number of thioether (sulfide) groups is 2. The highest BCUT2D eigenvalue weighted by Crippen LogP contribution is 2.33. The lowest BCUT2D eigenvalue weighted by Crippen LogP contribution is -2.31. The van der Waals surface area contributed by atoms with E-state index in [1.54, 1.807) is 18.0 Å². The predicted octanol–water partition coefficient (Wildman–Crippen LogP) is 3.65. The van der Waals surface area contributed by atoms with Crippen LogP contribution in [0.15, 0.2) is 36.5 Å². The first-order valence-corrected chi connectivity index (χ1v) is 8.47. The lowest BCUT2D eigenvalue weighted by molar-refractivity contribution is 0.0989. The first-order chi connectivity index (χ1) is 9.25. The van der Waals surface area contributed by atoms with E-state index in [1.165, 1.54) is 0 Å². The highest BCUT2D eigenvalue weighted by atomic mass is 32.2. The van der Waals surface area contributed by atoms with Gasteiger partial charge in [-0.25, -0.2) is 0 Å². The summed E-state index contributed by atoms with van der Waals surface area (Å²) >= 11 is 3.67. The van der Waals surface area contributed by atoms with Crippen LogP contribution in [-0.2, 0) is 0 Å². The molecule has 1 aliphatic rings. The number of benzene rings is 1. The summed E-state index contributed by atoms with van der Waals surface area (Å²) in [6, 6.07) is 9.89. The van der Waals surface area contributed by atoms with Crippen LogP contribution in [-0.4, -0.2) is 32.8 Å². The summed E-state index contributed by atoms with van der Waals surface area (Å²) in [6.45, 7) is 2.15. The molecule has 0 amide bonds. The van der Waals surface area contributed by atoms with Crippen molar-refractivity contribution in [1.29, 1.82) is 0 Å². The van der Waals surface area contributed by atoms with Crippen molar-refractivity contribution in [2.24, 2.45) is 0 Å². The zero-order valence-corrected chi connectivity index (χ0v) is 12.3. The van der Waals surface area contributed by atoms with Gasteiger partial charge in [0.15, 0.2) is 5.78 Å². The molecule has 1 aromatic carbocycles. The van der Waals surface area contributed by atoms with E-state index in [0.29, 0.717) is 5.25 Å². The number of carbonyl (C=O) groups excluding carboxylic acids is 1. The van der Waals surface area contributed by atoms with Crippen LogP contribution >= 0.6 is 23.5 Å². The molecule has 98 valence electrons. The standard InChI is InChI=1S/C15H15NOS2/c1-10-15(19-7-6-18-10)14(17)12-8-11-4-2-3-5-13(11)16-9-12/h2-5,8-10,15H,6-7H2,1H3. The number of hydrogen-bond donors (Lipinski definition) is 0. The molecule has 0 bridgehead atoms. The molecule has 2 nitrogen and oxygen atoms in total. The molecule has 0 radical (unpaired) electrons. The van der Waals surface area contributed by atoms with Gasteiger partial charge in [-0.2, -0.15) is 11.8 Å². The van der Waals surface area contributed by atoms with Gasteiger partial charge in [0.1, 0.15) is 0 Å². The molecule has 19 heavy (non-hydrogen) atoms. The van der Waals surface area contributed by atoms with E-state index in [4.69, 9.17) is 0 Å². The molecule has 1 aromatic heterocycles. The van der Waals surface area contributed by atoms with E-state index < -0.39 is 0 Å². The van der Waals surface area contributed by atoms with Gasteiger partial charge in [0.05, 0.1) is 10.8 Å². The summed E-state index contributed by atoms with van der Waals surface area (Å²) in [5.74, 6) is 2.43. The maximum absolute atomic E-state index is 12.6. The second kappa shape index (κ2) is 5.55. The minimum Gasteiger partial charge on any atom is -0.293 e. The fourth-order valence-corrected chi connectivity index (χ4v) is 5.01. The lowest BCUT2D eigenvalue weighted by atomic mass is 10.1. The maximum Gasteiger partial charge on any atom is 0.178 e. The lowest BCUT2D eigenvalue weighted by Gasteiger charge is -2.26. The highest BCUT2D eigenvalue weighted by Gasteiger charge is 2.29. The summed E-state index contributed by atoms with van der Waals surface area (Å²) < 4.78 is 0. The number of rotatable bonds is 2. The number of nitrogens with zero attached hydrogens (tertiary/aromatic N) is 1. The molecule has 0 aliphatic carbocycles. The van der Waals surface area contributed by atoms with Crippen LogP contribution in [0.4, 0.5) is 0 Å². The van der Waals surface area contributed by atoms with Crippen molar-refractivity contribution >= 4 is 40.2 Å². The number of Topliss-reactive ketones (excluding diaryl/α,β-unsaturated/α-hetero) is 1. The van der Waals surface area contributed by atoms with Crippen molar-refractivity contribution in [3.8, 4) is 0 Å². The zero-order valence-electron chi connectivity index (χ0n) is 10.7. The predicted molar refractivity (Wildman–Crippen MR) is 84.2 cm³/mol. The van der Waals surface area contributed by atoms with Crippen molar-refractivity contribution in [2.45, 2.75) is 17.4 Å². The minimum atomic E-state index is 0.0710. The van der Waals surface area contributed by atoms with E-state index in [9.17, 15) is 4.79 Å². The Hall–Kier alpha value is -1.00. The highest BCUT2D eigenvalue weighted by molar-refractivity contribution is 8.07. The first kappa shape index (κ1) is 13.0. The number of pyridine rings is 1. The molecule has 1 saturated heterocycles. The van der Waals surface area contributed by atoms with Gasteiger partial charge in [0, 0.05) is 33.9 Å². The topological polar surface area (TPSA) is 30.0 Å². The molecule has 1 fully saturated rings. The molecule has 1 aliphatic heterocycles. The monoisotopic (exact) mass is 289 g/mol. The van der Waals surface area contributed by atoms with Crippen LogP contribution in [0.1, 0.15) is 17.3 Å². The number of fused-ring (bicyclic) bond motifs is 1.